The first-order valence-corrected chi connectivity index (χ1v) is 6.81. The summed E-state index contributed by atoms with van der Waals surface area (Å²) >= 11 is 0. The van der Waals surface area contributed by atoms with Crippen LogP contribution in [-0.4, -0.2) is 50.7 Å². The van der Waals surface area contributed by atoms with Crippen LogP contribution in [0.2, 0.25) is 0 Å². The molecule has 2 rings (SSSR count). The SMILES string of the molecule is CN(CC1CCCNC1)C(=O)C1CCCOC1. The average Bonchev–Trinajstić information content (AvgIpc) is 2.40. The molecule has 2 saturated heterocycles. The second-order valence-electron chi connectivity index (χ2n) is 5.35. The first-order valence-electron chi connectivity index (χ1n) is 6.81. The topological polar surface area (TPSA) is 41.6 Å². The second-order valence-corrected chi connectivity index (χ2v) is 5.35. The summed E-state index contributed by atoms with van der Waals surface area (Å²) in [5.41, 5.74) is 0. The molecule has 0 aromatic carbocycles. The number of hydrogen-bond acceptors (Lipinski definition) is 3. The number of amides is 1. The van der Waals surface area contributed by atoms with Crippen molar-refractivity contribution in [1.29, 1.82) is 0 Å². The largest absolute Gasteiger partial charge is 0.381 e. The van der Waals surface area contributed by atoms with Crippen molar-refractivity contribution in [1.82, 2.24) is 10.2 Å². The molecule has 0 radical (unpaired) electrons. The van der Waals surface area contributed by atoms with Gasteiger partial charge in [-0.15, -0.1) is 0 Å². The summed E-state index contributed by atoms with van der Waals surface area (Å²) in [7, 11) is 1.94. The van der Waals surface area contributed by atoms with Gasteiger partial charge in [0.2, 0.25) is 5.91 Å². The van der Waals surface area contributed by atoms with Crippen LogP contribution in [0.4, 0.5) is 0 Å². The van der Waals surface area contributed by atoms with E-state index in [1.807, 2.05) is 11.9 Å². The highest BCUT2D eigenvalue weighted by Crippen LogP contribution is 2.18. The highest BCUT2D eigenvalue weighted by Gasteiger charge is 2.26. The Morgan fingerprint density at radius 3 is 2.94 bits per heavy atom. The van der Waals surface area contributed by atoms with E-state index >= 15 is 0 Å². The first kappa shape index (κ1) is 12.8. The van der Waals surface area contributed by atoms with Gasteiger partial charge in [-0.05, 0) is 44.7 Å². The molecular formula is C13H24N2O2. The van der Waals surface area contributed by atoms with Gasteiger partial charge in [0.05, 0.1) is 12.5 Å². The first-order chi connectivity index (χ1) is 8.27. The van der Waals surface area contributed by atoms with Crippen LogP contribution in [-0.2, 0) is 9.53 Å². The number of nitrogens with one attached hydrogen (secondary N) is 1. The van der Waals surface area contributed by atoms with Gasteiger partial charge in [0.15, 0.2) is 0 Å². The van der Waals surface area contributed by atoms with Crippen molar-refractivity contribution < 1.29 is 9.53 Å². The maximum atomic E-state index is 12.2. The summed E-state index contributed by atoms with van der Waals surface area (Å²) in [6.45, 7) is 4.51. The van der Waals surface area contributed by atoms with Crippen LogP contribution in [0.1, 0.15) is 25.7 Å². The normalized spacial score (nSPS) is 29.9. The zero-order valence-electron chi connectivity index (χ0n) is 10.8. The molecule has 2 aliphatic heterocycles. The zero-order chi connectivity index (χ0) is 12.1. The van der Waals surface area contributed by atoms with Gasteiger partial charge in [0.25, 0.3) is 0 Å². The van der Waals surface area contributed by atoms with Crippen molar-refractivity contribution in [2.75, 3.05) is 39.9 Å². The van der Waals surface area contributed by atoms with E-state index in [2.05, 4.69) is 5.32 Å². The van der Waals surface area contributed by atoms with Crippen molar-refractivity contribution >= 4 is 5.91 Å². The van der Waals surface area contributed by atoms with E-state index in [1.165, 1.54) is 12.8 Å². The fraction of sp³-hybridized carbons (Fsp3) is 0.923. The maximum absolute atomic E-state index is 12.2. The summed E-state index contributed by atoms with van der Waals surface area (Å²) in [4.78, 5) is 14.1. The number of hydrogen-bond donors (Lipinski definition) is 1. The Morgan fingerprint density at radius 2 is 2.29 bits per heavy atom. The van der Waals surface area contributed by atoms with Crippen molar-refractivity contribution in [2.45, 2.75) is 25.7 Å². The summed E-state index contributed by atoms with van der Waals surface area (Å²) in [6, 6.07) is 0. The zero-order valence-corrected chi connectivity index (χ0v) is 10.8. The minimum Gasteiger partial charge on any atom is -0.381 e. The molecule has 2 atom stereocenters. The van der Waals surface area contributed by atoms with Gasteiger partial charge in [-0.1, -0.05) is 0 Å². The quantitative estimate of drug-likeness (QED) is 0.796. The molecule has 0 spiro atoms. The number of rotatable bonds is 3. The summed E-state index contributed by atoms with van der Waals surface area (Å²) in [5.74, 6) is 1.00. The van der Waals surface area contributed by atoms with Crippen LogP contribution in [0.25, 0.3) is 0 Å². The van der Waals surface area contributed by atoms with E-state index in [1.54, 1.807) is 0 Å². The molecule has 1 N–H and O–H groups in total. The van der Waals surface area contributed by atoms with Crippen LogP contribution in [0, 0.1) is 11.8 Å². The molecule has 2 heterocycles. The van der Waals surface area contributed by atoms with Crippen LogP contribution >= 0.6 is 0 Å². The minimum atomic E-state index is 0.102. The molecule has 0 aliphatic carbocycles. The van der Waals surface area contributed by atoms with Crippen molar-refractivity contribution in [3.63, 3.8) is 0 Å². The van der Waals surface area contributed by atoms with Gasteiger partial charge in [0.1, 0.15) is 0 Å². The Bertz CT molecular complexity index is 246. The molecule has 2 unspecified atom stereocenters. The lowest BCUT2D eigenvalue weighted by atomic mass is 9.97. The molecule has 2 fully saturated rings. The Kier molecular flexibility index (Phi) is 4.80. The van der Waals surface area contributed by atoms with Crippen LogP contribution < -0.4 is 5.32 Å². The van der Waals surface area contributed by atoms with Gasteiger partial charge < -0.3 is 15.0 Å². The molecule has 1 amide bonds. The number of nitrogens with zero attached hydrogens (tertiary/aromatic N) is 1. The molecule has 4 nitrogen and oxygen atoms in total. The van der Waals surface area contributed by atoms with Gasteiger partial charge in [-0.3, -0.25) is 4.79 Å². The number of ether oxygens (including phenoxy) is 1. The van der Waals surface area contributed by atoms with E-state index in [4.69, 9.17) is 4.74 Å². The van der Waals surface area contributed by atoms with E-state index in [0.717, 1.165) is 39.1 Å². The fourth-order valence-corrected chi connectivity index (χ4v) is 2.80. The van der Waals surface area contributed by atoms with E-state index in [-0.39, 0.29) is 11.8 Å². The predicted molar refractivity (Wildman–Crippen MR) is 66.8 cm³/mol. The summed E-state index contributed by atoms with van der Waals surface area (Å²) in [5, 5.41) is 3.40. The Hall–Kier alpha value is -0.610. The summed E-state index contributed by atoms with van der Waals surface area (Å²) < 4.78 is 5.38. The molecule has 0 saturated carbocycles. The van der Waals surface area contributed by atoms with Gasteiger partial charge >= 0.3 is 0 Å². The third kappa shape index (κ3) is 3.68. The average molecular weight is 240 g/mol. The fourth-order valence-electron chi connectivity index (χ4n) is 2.80. The lowest BCUT2D eigenvalue weighted by molar-refractivity contribution is -0.139. The van der Waals surface area contributed by atoms with Gasteiger partial charge in [0, 0.05) is 20.2 Å². The van der Waals surface area contributed by atoms with Crippen LogP contribution in [0.3, 0.4) is 0 Å². The standard InChI is InChI=1S/C13H24N2O2/c1-15(9-11-4-2-6-14-8-11)13(16)12-5-3-7-17-10-12/h11-12,14H,2-10H2,1H3. The molecule has 0 aromatic rings. The molecule has 0 aromatic heterocycles. The Morgan fingerprint density at radius 1 is 1.41 bits per heavy atom. The monoisotopic (exact) mass is 240 g/mol. The van der Waals surface area contributed by atoms with E-state index in [0.29, 0.717) is 12.5 Å². The smallest absolute Gasteiger partial charge is 0.227 e. The molecule has 2 aliphatic rings. The number of carbonyl (C=O) groups is 1. The number of carbonyl (C=O) groups excluding carboxylic acids is 1. The Balaban J connectivity index is 1.77. The van der Waals surface area contributed by atoms with Crippen LogP contribution in [0.15, 0.2) is 0 Å². The molecule has 17 heavy (non-hydrogen) atoms. The van der Waals surface area contributed by atoms with Crippen molar-refractivity contribution in [2.24, 2.45) is 11.8 Å². The predicted octanol–water partition coefficient (Wildman–Crippen LogP) is 0.871. The maximum Gasteiger partial charge on any atom is 0.227 e. The van der Waals surface area contributed by atoms with E-state index in [9.17, 15) is 4.79 Å². The molecule has 98 valence electrons. The van der Waals surface area contributed by atoms with Crippen molar-refractivity contribution in [3.8, 4) is 0 Å². The van der Waals surface area contributed by atoms with Crippen LogP contribution in [0.5, 0.6) is 0 Å². The van der Waals surface area contributed by atoms with Gasteiger partial charge in [-0.25, -0.2) is 0 Å². The minimum absolute atomic E-state index is 0.102. The third-order valence-electron chi connectivity index (χ3n) is 3.82. The highest BCUT2D eigenvalue weighted by molar-refractivity contribution is 5.78. The van der Waals surface area contributed by atoms with Gasteiger partial charge in [-0.2, -0.15) is 0 Å². The molecular weight excluding hydrogens is 216 g/mol. The lowest BCUT2D eigenvalue weighted by Gasteiger charge is -2.31. The molecule has 4 heteroatoms. The summed E-state index contributed by atoms with van der Waals surface area (Å²) in [6.07, 6.45) is 4.49. The lowest BCUT2D eigenvalue weighted by Crippen LogP contribution is -2.42. The molecule has 0 bridgehead atoms. The highest BCUT2D eigenvalue weighted by atomic mass is 16.5. The van der Waals surface area contributed by atoms with Crippen molar-refractivity contribution in [3.05, 3.63) is 0 Å². The van der Waals surface area contributed by atoms with E-state index < -0.39 is 0 Å². The Labute approximate surface area is 104 Å². The number of piperidine rings is 1. The third-order valence-corrected chi connectivity index (χ3v) is 3.82. The second kappa shape index (κ2) is 6.36.